The minimum absolute atomic E-state index is 0.0612. The van der Waals surface area contributed by atoms with E-state index in [1.54, 1.807) is 6.07 Å². The van der Waals surface area contributed by atoms with Gasteiger partial charge in [-0.3, -0.25) is 4.79 Å². The summed E-state index contributed by atoms with van der Waals surface area (Å²) in [5.41, 5.74) is 0.670. The molecule has 0 aliphatic rings. The molecule has 0 aliphatic heterocycles. The molecule has 0 saturated carbocycles. The van der Waals surface area contributed by atoms with Gasteiger partial charge in [0.25, 0.3) is 0 Å². The molecule has 2 atom stereocenters. The Morgan fingerprint density at radius 1 is 1.50 bits per heavy atom. The zero-order chi connectivity index (χ0) is 12.1. The summed E-state index contributed by atoms with van der Waals surface area (Å²) in [5, 5.41) is 19.5. The number of thioether (sulfide) groups is 1. The van der Waals surface area contributed by atoms with Crippen LogP contribution < -0.4 is 0 Å². The fourth-order valence-electron chi connectivity index (χ4n) is 1.21. The molecule has 5 heteroatoms. The molecule has 0 bridgehead atoms. The molecule has 1 aromatic rings. The summed E-state index contributed by atoms with van der Waals surface area (Å²) in [4.78, 5) is 10.7. The molecule has 0 aliphatic carbocycles. The highest BCUT2D eigenvalue weighted by atomic mass is 127. The Bertz CT molecular complexity index is 370. The molecule has 2 N–H and O–H groups in total. The lowest BCUT2D eigenvalue weighted by molar-refractivity contribution is -0.109. The lowest BCUT2D eigenvalue weighted by atomic mass is 10.1. The summed E-state index contributed by atoms with van der Waals surface area (Å²) in [7, 11) is 0. The zero-order valence-corrected chi connectivity index (χ0v) is 11.7. The number of benzene rings is 1. The maximum absolute atomic E-state index is 10.7. The number of rotatable bonds is 4. The van der Waals surface area contributed by atoms with Crippen LogP contribution in [0.25, 0.3) is 0 Å². The average Bonchev–Trinajstić information content (AvgIpc) is 2.24. The van der Waals surface area contributed by atoms with Crippen molar-refractivity contribution in [1.82, 2.24) is 0 Å². The Balaban J connectivity index is 2.62. The smallest absolute Gasteiger partial charge is 0.185 e. The molecule has 0 spiro atoms. The highest BCUT2D eigenvalue weighted by Crippen LogP contribution is 2.21. The van der Waals surface area contributed by atoms with Crippen molar-refractivity contribution in [2.45, 2.75) is 19.1 Å². The molecule has 3 nitrogen and oxygen atoms in total. The average molecular weight is 352 g/mol. The van der Waals surface area contributed by atoms with E-state index >= 15 is 0 Å². The molecule has 0 fully saturated rings. The van der Waals surface area contributed by atoms with Gasteiger partial charge in [-0.25, -0.2) is 0 Å². The van der Waals surface area contributed by atoms with Gasteiger partial charge in [0.15, 0.2) is 5.12 Å². The normalized spacial score (nSPS) is 14.5. The van der Waals surface area contributed by atoms with Crippen molar-refractivity contribution in [2.24, 2.45) is 0 Å². The van der Waals surface area contributed by atoms with Gasteiger partial charge >= 0.3 is 0 Å². The molecule has 0 radical (unpaired) electrons. The first-order valence-electron chi connectivity index (χ1n) is 4.75. The molecule has 0 saturated heterocycles. The lowest BCUT2D eigenvalue weighted by Gasteiger charge is -2.17. The molecule has 2 unspecified atom stereocenters. The predicted molar refractivity (Wildman–Crippen MR) is 73.3 cm³/mol. The van der Waals surface area contributed by atoms with Gasteiger partial charge in [0.1, 0.15) is 6.10 Å². The van der Waals surface area contributed by atoms with Gasteiger partial charge in [0.2, 0.25) is 0 Å². The third-order valence-corrected chi connectivity index (χ3v) is 3.60. The summed E-state index contributed by atoms with van der Waals surface area (Å²) in [6, 6.07) is 7.31. The summed E-state index contributed by atoms with van der Waals surface area (Å²) in [5.74, 6) is 0.210. The molecule has 88 valence electrons. The minimum Gasteiger partial charge on any atom is -0.389 e. The van der Waals surface area contributed by atoms with Gasteiger partial charge in [-0.2, -0.15) is 0 Å². The van der Waals surface area contributed by atoms with Gasteiger partial charge in [-0.1, -0.05) is 23.9 Å². The predicted octanol–water partition coefficient (Wildman–Crippen LogP) is 1.97. The van der Waals surface area contributed by atoms with Crippen molar-refractivity contribution in [3.63, 3.8) is 0 Å². The van der Waals surface area contributed by atoms with Gasteiger partial charge in [0.05, 0.1) is 6.10 Å². The Kier molecular flexibility index (Phi) is 5.74. The fourth-order valence-corrected chi connectivity index (χ4v) is 2.36. The van der Waals surface area contributed by atoms with Crippen molar-refractivity contribution in [3.05, 3.63) is 33.4 Å². The first kappa shape index (κ1) is 14.0. The van der Waals surface area contributed by atoms with Crippen LogP contribution in [0.5, 0.6) is 0 Å². The Morgan fingerprint density at radius 3 is 2.75 bits per heavy atom. The lowest BCUT2D eigenvalue weighted by Crippen LogP contribution is -2.21. The number of carbonyl (C=O) groups is 1. The summed E-state index contributed by atoms with van der Waals surface area (Å²) in [6.07, 6.45) is -1.87. The third kappa shape index (κ3) is 4.40. The highest BCUT2D eigenvalue weighted by molar-refractivity contribution is 14.1. The second-order valence-corrected chi connectivity index (χ2v) is 5.81. The van der Waals surface area contributed by atoms with Crippen LogP contribution in [0.4, 0.5) is 0 Å². The van der Waals surface area contributed by atoms with Crippen LogP contribution in [-0.2, 0) is 4.79 Å². The molecule has 0 heterocycles. The van der Waals surface area contributed by atoms with Gasteiger partial charge in [0, 0.05) is 16.2 Å². The first-order valence-corrected chi connectivity index (χ1v) is 6.82. The standard InChI is InChI=1S/C11H13IO3S/c1-7(13)16-6-10(14)11(15)8-3-2-4-9(12)5-8/h2-5,10-11,14-15H,6H2,1H3. The monoisotopic (exact) mass is 352 g/mol. The topological polar surface area (TPSA) is 57.5 Å². The summed E-state index contributed by atoms with van der Waals surface area (Å²) >= 11 is 3.16. The third-order valence-electron chi connectivity index (χ3n) is 2.01. The van der Waals surface area contributed by atoms with Crippen molar-refractivity contribution in [1.29, 1.82) is 0 Å². The molecule has 0 aromatic heterocycles. The van der Waals surface area contributed by atoms with E-state index in [4.69, 9.17) is 0 Å². The number of hydrogen-bond acceptors (Lipinski definition) is 4. The van der Waals surface area contributed by atoms with Crippen molar-refractivity contribution >= 4 is 39.5 Å². The van der Waals surface area contributed by atoms with Crippen molar-refractivity contribution < 1.29 is 15.0 Å². The zero-order valence-electron chi connectivity index (χ0n) is 8.76. The molecule has 0 amide bonds. The quantitative estimate of drug-likeness (QED) is 0.814. The molecular weight excluding hydrogens is 339 g/mol. The maximum Gasteiger partial charge on any atom is 0.185 e. The van der Waals surface area contributed by atoms with Gasteiger partial charge in [-0.05, 0) is 40.3 Å². The fraction of sp³-hybridized carbons (Fsp3) is 0.364. The van der Waals surface area contributed by atoms with E-state index in [2.05, 4.69) is 22.6 Å². The van der Waals surface area contributed by atoms with E-state index in [-0.39, 0.29) is 10.9 Å². The van der Waals surface area contributed by atoms with Crippen LogP contribution in [0.3, 0.4) is 0 Å². The van der Waals surface area contributed by atoms with Crippen LogP contribution in [0.2, 0.25) is 0 Å². The Labute approximate surface area is 112 Å². The van der Waals surface area contributed by atoms with Crippen LogP contribution in [0.15, 0.2) is 24.3 Å². The Morgan fingerprint density at radius 2 is 2.19 bits per heavy atom. The summed E-state index contributed by atoms with van der Waals surface area (Å²) < 4.78 is 1.00. The molecule has 1 aromatic carbocycles. The largest absolute Gasteiger partial charge is 0.389 e. The van der Waals surface area contributed by atoms with Crippen LogP contribution in [0.1, 0.15) is 18.6 Å². The molecule has 16 heavy (non-hydrogen) atoms. The van der Waals surface area contributed by atoms with E-state index in [1.807, 2.05) is 18.2 Å². The minimum atomic E-state index is -0.943. The van der Waals surface area contributed by atoms with E-state index in [0.717, 1.165) is 15.3 Å². The Hall–Kier alpha value is -0.110. The van der Waals surface area contributed by atoms with Gasteiger partial charge < -0.3 is 10.2 Å². The number of aliphatic hydroxyl groups excluding tert-OH is 2. The highest BCUT2D eigenvalue weighted by Gasteiger charge is 2.19. The van der Waals surface area contributed by atoms with E-state index in [0.29, 0.717) is 5.56 Å². The maximum atomic E-state index is 10.7. The number of halogens is 1. The van der Waals surface area contributed by atoms with Crippen LogP contribution in [0, 0.1) is 3.57 Å². The molecular formula is C11H13IO3S. The van der Waals surface area contributed by atoms with Crippen LogP contribution >= 0.6 is 34.4 Å². The van der Waals surface area contributed by atoms with E-state index in [1.165, 1.54) is 6.92 Å². The van der Waals surface area contributed by atoms with Crippen molar-refractivity contribution in [3.8, 4) is 0 Å². The second-order valence-electron chi connectivity index (χ2n) is 3.37. The number of aliphatic hydroxyl groups is 2. The van der Waals surface area contributed by atoms with Crippen molar-refractivity contribution in [2.75, 3.05) is 5.75 Å². The van der Waals surface area contributed by atoms with Crippen LogP contribution in [-0.4, -0.2) is 27.2 Å². The SMILES string of the molecule is CC(=O)SCC(O)C(O)c1cccc(I)c1. The number of hydrogen-bond donors (Lipinski definition) is 2. The first-order chi connectivity index (χ1) is 7.50. The number of carbonyl (C=O) groups excluding carboxylic acids is 1. The van der Waals surface area contributed by atoms with Gasteiger partial charge in [-0.15, -0.1) is 0 Å². The second kappa shape index (κ2) is 6.58. The summed E-state index contributed by atoms with van der Waals surface area (Å²) in [6.45, 7) is 1.44. The molecule has 1 rings (SSSR count). The van der Waals surface area contributed by atoms with E-state index < -0.39 is 12.2 Å². The van der Waals surface area contributed by atoms with E-state index in [9.17, 15) is 15.0 Å².